The second-order valence-corrected chi connectivity index (χ2v) is 9.27. The van der Waals surface area contributed by atoms with Crippen molar-refractivity contribution in [3.8, 4) is 0 Å². The number of likely N-dealkylation sites (tertiary alicyclic amines) is 1. The van der Waals surface area contributed by atoms with Gasteiger partial charge in [-0.3, -0.25) is 24.6 Å². The lowest BCUT2D eigenvalue weighted by Crippen LogP contribution is -2.39. The Hall–Kier alpha value is -4.03. The number of aliphatic hydroxyl groups is 1. The first-order valence-corrected chi connectivity index (χ1v) is 12.3. The Morgan fingerprint density at radius 3 is 2.61 bits per heavy atom. The highest BCUT2D eigenvalue weighted by molar-refractivity contribution is 6.46. The van der Waals surface area contributed by atoms with Gasteiger partial charge in [0.1, 0.15) is 11.5 Å². The summed E-state index contributed by atoms with van der Waals surface area (Å²) in [6.45, 7) is 6.86. The number of H-pyrrole nitrogens is 1. The van der Waals surface area contributed by atoms with Crippen LogP contribution in [-0.4, -0.2) is 89.0 Å². The van der Waals surface area contributed by atoms with Crippen molar-refractivity contribution in [2.24, 2.45) is 0 Å². The topological polar surface area (TPSA) is 155 Å². The predicted molar refractivity (Wildman–Crippen MR) is 136 cm³/mol. The third-order valence-electron chi connectivity index (χ3n) is 6.98. The van der Waals surface area contributed by atoms with Crippen molar-refractivity contribution in [1.82, 2.24) is 14.8 Å². The smallest absolute Gasteiger partial charge is 0.354 e. The highest BCUT2D eigenvalue weighted by Gasteiger charge is 2.46. The van der Waals surface area contributed by atoms with E-state index in [1.165, 1.54) is 30.2 Å². The molecule has 38 heavy (non-hydrogen) atoms. The average Bonchev–Trinajstić information content (AvgIpc) is 3.35. The van der Waals surface area contributed by atoms with Gasteiger partial charge in [0.25, 0.3) is 17.4 Å². The van der Waals surface area contributed by atoms with Crippen LogP contribution in [0.2, 0.25) is 0 Å². The van der Waals surface area contributed by atoms with Gasteiger partial charge in [-0.1, -0.05) is 12.1 Å². The number of aliphatic hydroxyl groups excluding tert-OH is 1. The Morgan fingerprint density at radius 2 is 1.95 bits per heavy atom. The minimum atomic E-state index is -1.05. The maximum atomic E-state index is 13.3. The number of aromatic nitrogens is 1. The van der Waals surface area contributed by atoms with Crippen LogP contribution in [0, 0.1) is 24.0 Å². The molecule has 202 valence electrons. The molecular formula is C26H30N4O8. The molecule has 1 aromatic heterocycles. The molecule has 1 amide bonds. The zero-order valence-corrected chi connectivity index (χ0v) is 21.5. The molecule has 0 radical (unpaired) electrons. The molecular weight excluding hydrogens is 496 g/mol. The van der Waals surface area contributed by atoms with Crippen molar-refractivity contribution in [2.45, 2.75) is 26.3 Å². The molecule has 2 aromatic rings. The minimum absolute atomic E-state index is 0.109. The monoisotopic (exact) mass is 526 g/mol. The van der Waals surface area contributed by atoms with Gasteiger partial charge in [-0.15, -0.1) is 0 Å². The molecule has 2 aliphatic rings. The molecule has 0 aliphatic carbocycles. The van der Waals surface area contributed by atoms with Gasteiger partial charge >= 0.3 is 5.97 Å². The van der Waals surface area contributed by atoms with Crippen LogP contribution >= 0.6 is 0 Å². The summed E-state index contributed by atoms with van der Waals surface area (Å²) in [7, 11) is 1.22. The Bertz CT molecular complexity index is 1310. The molecule has 0 unspecified atom stereocenters. The number of nitrogens with one attached hydrogen (secondary N) is 1. The van der Waals surface area contributed by atoms with E-state index in [1.807, 2.05) is 0 Å². The fourth-order valence-corrected chi connectivity index (χ4v) is 5.10. The van der Waals surface area contributed by atoms with E-state index in [2.05, 4.69) is 9.88 Å². The van der Waals surface area contributed by atoms with Gasteiger partial charge in [0.15, 0.2) is 0 Å². The number of amides is 1. The first-order chi connectivity index (χ1) is 18.1. The van der Waals surface area contributed by atoms with Gasteiger partial charge in [-0.25, -0.2) is 4.79 Å². The van der Waals surface area contributed by atoms with Crippen LogP contribution in [0.25, 0.3) is 5.76 Å². The third kappa shape index (κ3) is 5.04. The molecule has 12 nitrogen and oxygen atoms in total. The molecule has 12 heteroatoms. The van der Waals surface area contributed by atoms with E-state index in [9.17, 15) is 29.6 Å². The number of esters is 1. The van der Waals surface area contributed by atoms with Crippen LogP contribution in [0.15, 0.2) is 29.8 Å². The van der Waals surface area contributed by atoms with E-state index in [4.69, 9.17) is 9.47 Å². The molecule has 1 aromatic carbocycles. The molecule has 3 heterocycles. The highest BCUT2D eigenvalue weighted by atomic mass is 16.6. The van der Waals surface area contributed by atoms with E-state index >= 15 is 0 Å². The van der Waals surface area contributed by atoms with E-state index in [1.54, 1.807) is 19.9 Å². The molecule has 2 N–H and O–H groups in total. The zero-order chi connectivity index (χ0) is 27.6. The average molecular weight is 527 g/mol. The van der Waals surface area contributed by atoms with Crippen LogP contribution in [0.5, 0.6) is 0 Å². The fraction of sp³-hybridized carbons (Fsp3) is 0.423. The maximum absolute atomic E-state index is 13.3. The van der Waals surface area contributed by atoms with Crippen molar-refractivity contribution in [2.75, 3.05) is 46.5 Å². The number of hydrogen-bond donors (Lipinski definition) is 2. The minimum Gasteiger partial charge on any atom is -0.507 e. The second-order valence-electron chi connectivity index (χ2n) is 9.27. The van der Waals surface area contributed by atoms with Crippen molar-refractivity contribution in [3.05, 3.63) is 68.0 Å². The largest absolute Gasteiger partial charge is 0.507 e. The number of benzene rings is 1. The summed E-state index contributed by atoms with van der Waals surface area (Å²) in [6, 6.07) is 4.63. The highest BCUT2D eigenvalue weighted by Crippen LogP contribution is 2.41. The van der Waals surface area contributed by atoms with Crippen molar-refractivity contribution >= 4 is 29.1 Å². The summed E-state index contributed by atoms with van der Waals surface area (Å²) < 4.78 is 10.2. The van der Waals surface area contributed by atoms with E-state index in [-0.39, 0.29) is 29.1 Å². The van der Waals surface area contributed by atoms with Gasteiger partial charge < -0.3 is 24.5 Å². The molecule has 2 fully saturated rings. The number of aryl methyl sites for hydroxylation is 1. The molecule has 1 atom stereocenters. The van der Waals surface area contributed by atoms with Crippen molar-refractivity contribution < 1.29 is 33.9 Å². The van der Waals surface area contributed by atoms with Gasteiger partial charge in [-0.05, 0) is 31.4 Å². The molecule has 4 rings (SSSR count). The fourth-order valence-electron chi connectivity index (χ4n) is 5.10. The number of carbonyl (C=O) groups excluding carboxylic acids is 3. The number of hydrogen-bond acceptors (Lipinski definition) is 9. The van der Waals surface area contributed by atoms with Crippen molar-refractivity contribution in [1.29, 1.82) is 0 Å². The summed E-state index contributed by atoms with van der Waals surface area (Å²) in [5, 5.41) is 22.9. The van der Waals surface area contributed by atoms with Crippen LogP contribution in [0.1, 0.15) is 45.3 Å². The van der Waals surface area contributed by atoms with Crippen molar-refractivity contribution in [3.63, 3.8) is 0 Å². The Balaban J connectivity index is 1.78. The lowest BCUT2D eigenvalue weighted by Gasteiger charge is -2.29. The number of non-ortho nitro benzene ring substituents is 1. The number of aromatic amines is 1. The second kappa shape index (κ2) is 11.2. The first-order valence-electron chi connectivity index (χ1n) is 12.3. The lowest BCUT2D eigenvalue weighted by molar-refractivity contribution is -0.384. The number of nitro groups is 1. The van der Waals surface area contributed by atoms with Crippen LogP contribution in [0.4, 0.5) is 5.69 Å². The Morgan fingerprint density at radius 1 is 1.24 bits per heavy atom. The number of carbonyl (C=O) groups is 3. The van der Waals surface area contributed by atoms with Gasteiger partial charge in [0.05, 0.1) is 36.9 Å². The summed E-state index contributed by atoms with van der Waals surface area (Å²) in [4.78, 5) is 56.1. The van der Waals surface area contributed by atoms with Crippen LogP contribution in [0.3, 0.4) is 0 Å². The molecule has 0 saturated carbocycles. The summed E-state index contributed by atoms with van der Waals surface area (Å²) in [6.07, 6.45) is 0.549. The SMILES string of the molecule is COC(=O)c1[nH]c(C)c(/C(O)=C2\C(=O)C(=O)N(CCCN3CCOCC3)[C@H]2c2cccc([N+](=O)[O-])c2)c1C. The van der Waals surface area contributed by atoms with Crippen LogP contribution < -0.4 is 0 Å². The standard InChI is InChI=1S/C26H30N4O8/c1-15-19(16(2)27-21(15)26(34)37-3)23(31)20-22(17-6-4-7-18(14-17)30(35)36)29(25(33)24(20)32)9-5-8-28-10-12-38-13-11-28/h4,6-7,14,22,27,31H,5,8-13H2,1-3H3/b23-20+/t22-/m0/s1. The van der Waals surface area contributed by atoms with Gasteiger partial charge in [0.2, 0.25) is 0 Å². The normalized spacial score (nSPS) is 19.7. The number of Topliss-reactive ketones (excluding diaryl/α,β-unsaturated/α-hetero) is 1. The molecule has 2 aliphatic heterocycles. The zero-order valence-electron chi connectivity index (χ0n) is 21.5. The molecule has 0 bridgehead atoms. The van der Waals surface area contributed by atoms with E-state index in [0.717, 1.165) is 13.1 Å². The van der Waals surface area contributed by atoms with Gasteiger partial charge in [0, 0.05) is 49.6 Å². The van der Waals surface area contributed by atoms with Gasteiger partial charge in [-0.2, -0.15) is 0 Å². The number of methoxy groups -OCH3 is 1. The first kappa shape index (κ1) is 27.0. The number of nitro benzene ring substituents is 1. The number of ether oxygens (including phenoxy) is 2. The molecule has 2 saturated heterocycles. The number of nitrogens with zero attached hydrogens (tertiary/aromatic N) is 3. The lowest BCUT2D eigenvalue weighted by atomic mass is 9.93. The Labute approximate surface area is 219 Å². The summed E-state index contributed by atoms with van der Waals surface area (Å²) >= 11 is 0. The quantitative estimate of drug-likeness (QED) is 0.132. The number of rotatable bonds is 8. The predicted octanol–water partition coefficient (Wildman–Crippen LogP) is 2.47. The maximum Gasteiger partial charge on any atom is 0.354 e. The van der Waals surface area contributed by atoms with Crippen LogP contribution in [-0.2, 0) is 19.1 Å². The Kier molecular flexibility index (Phi) is 7.93. The molecule has 0 spiro atoms. The summed E-state index contributed by atoms with van der Waals surface area (Å²) in [5.41, 5.74) is 0.988. The summed E-state index contributed by atoms with van der Waals surface area (Å²) in [5.74, 6) is -2.81. The number of morpholine rings is 1. The van der Waals surface area contributed by atoms with E-state index in [0.29, 0.717) is 43.0 Å². The third-order valence-corrected chi connectivity index (χ3v) is 6.98. The van der Waals surface area contributed by atoms with E-state index < -0.39 is 34.4 Å². The number of ketones is 1.